The molecule has 0 aromatic heterocycles. The van der Waals surface area contributed by atoms with E-state index in [2.05, 4.69) is 26.6 Å². The Morgan fingerprint density at radius 3 is 2.68 bits per heavy atom. The van der Waals surface area contributed by atoms with Gasteiger partial charge in [0, 0.05) is 17.6 Å². The molecule has 0 spiro atoms. The molecule has 0 aliphatic carbocycles. The third-order valence-corrected chi connectivity index (χ3v) is 4.29. The minimum Gasteiger partial charge on any atom is -0.354 e. The van der Waals surface area contributed by atoms with Gasteiger partial charge >= 0.3 is 0 Å². The van der Waals surface area contributed by atoms with E-state index >= 15 is 0 Å². The minimum atomic E-state index is -3.44. The van der Waals surface area contributed by atoms with Gasteiger partial charge in [0.2, 0.25) is 5.91 Å². The van der Waals surface area contributed by atoms with E-state index in [1.54, 1.807) is 25.2 Å². The average molecular weight is 349 g/mol. The van der Waals surface area contributed by atoms with Gasteiger partial charge in [-0.25, -0.2) is 8.42 Å². The monoisotopic (exact) mass is 348 g/mol. The molecule has 1 aromatic rings. The van der Waals surface area contributed by atoms with Crippen LogP contribution in [0.5, 0.6) is 0 Å². The largest absolute Gasteiger partial charge is 0.354 e. The summed E-state index contributed by atoms with van der Waals surface area (Å²) >= 11 is 3.28. The molecule has 0 saturated heterocycles. The van der Waals surface area contributed by atoms with Crippen molar-refractivity contribution in [3.63, 3.8) is 0 Å². The van der Waals surface area contributed by atoms with Crippen molar-refractivity contribution >= 4 is 31.7 Å². The van der Waals surface area contributed by atoms with E-state index in [1.165, 1.54) is 0 Å². The zero-order valence-corrected chi connectivity index (χ0v) is 13.1. The highest BCUT2D eigenvalue weighted by Crippen LogP contribution is 2.14. The van der Waals surface area contributed by atoms with Crippen molar-refractivity contribution in [2.75, 3.05) is 25.9 Å². The Bertz CT molecular complexity index is 532. The second kappa shape index (κ2) is 7.62. The van der Waals surface area contributed by atoms with E-state index in [-0.39, 0.29) is 5.75 Å². The van der Waals surface area contributed by atoms with Crippen molar-refractivity contribution in [2.24, 2.45) is 0 Å². The molecule has 7 heteroatoms. The standard InChI is InChI=1S/C12H17BrN2O3S/c1-14-5-6-15-12(16)9-19(17,18)8-10-3-2-4-11(13)7-10/h2-4,7,14H,5-6,8-9H2,1H3,(H,15,16). The number of amides is 1. The van der Waals surface area contributed by atoms with Crippen molar-refractivity contribution in [1.82, 2.24) is 10.6 Å². The molecule has 0 unspecified atom stereocenters. The number of hydrogen-bond donors (Lipinski definition) is 2. The van der Waals surface area contributed by atoms with Crippen LogP contribution in [0.3, 0.4) is 0 Å². The highest BCUT2D eigenvalue weighted by Gasteiger charge is 2.17. The maximum absolute atomic E-state index is 11.9. The van der Waals surface area contributed by atoms with Crippen LogP contribution in [-0.4, -0.2) is 40.2 Å². The molecule has 0 fully saturated rings. The van der Waals surface area contributed by atoms with Crippen LogP contribution in [0.1, 0.15) is 5.56 Å². The van der Waals surface area contributed by atoms with Crippen molar-refractivity contribution in [3.05, 3.63) is 34.3 Å². The van der Waals surface area contributed by atoms with Crippen molar-refractivity contribution in [1.29, 1.82) is 0 Å². The summed E-state index contributed by atoms with van der Waals surface area (Å²) in [4.78, 5) is 11.5. The molecule has 1 rings (SSSR count). The number of halogens is 1. The SMILES string of the molecule is CNCCNC(=O)CS(=O)(=O)Cc1cccc(Br)c1. The van der Waals surface area contributed by atoms with E-state index < -0.39 is 21.5 Å². The average Bonchev–Trinajstić information content (AvgIpc) is 2.27. The van der Waals surface area contributed by atoms with Crippen molar-refractivity contribution in [2.45, 2.75) is 5.75 Å². The topological polar surface area (TPSA) is 75.3 Å². The first-order valence-electron chi connectivity index (χ1n) is 5.79. The molecule has 1 aromatic carbocycles. The Morgan fingerprint density at radius 1 is 1.32 bits per heavy atom. The first-order chi connectivity index (χ1) is 8.93. The fraction of sp³-hybridized carbons (Fsp3) is 0.417. The number of carbonyl (C=O) groups excluding carboxylic acids is 1. The molecule has 1 amide bonds. The molecular weight excluding hydrogens is 332 g/mol. The summed E-state index contributed by atoms with van der Waals surface area (Å²) in [6, 6.07) is 7.04. The highest BCUT2D eigenvalue weighted by molar-refractivity contribution is 9.10. The first-order valence-corrected chi connectivity index (χ1v) is 8.40. The normalized spacial score (nSPS) is 11.3. The third-order valence-electron chi connectivity index (χ3n) is 2.32. The molecule has 0 aliphatic heterocycles. The van der Waals surface area contributed by atoms with Gasteiger partial charge in [0.15, 0.2) is 9.84 Å². The van der Waals surface area contributed by atoms with Gasteiger partial charge in [0.25, 0.3) is 0 Å². The van der Waals surface area contributed by atoms with Gasteiger partial charge in [0.1, 0.15) is 5.75 Å². The molecular formula is C12H17BrN2O3S. The molecule has 2 N–H and O–H groups in total. The number of nitrogens with one attached hydrogen (secondary N) is 2. The van der Waals surface area contributed by atoms with Gasteiger partial charge in [0.05, 0.1) is 5.75 Å². The lowest BCUT2D eigenvalue weighted by Crippen LogP contribution is -2.35. The number of hydrogen-bond acceptors (Lipinski definition) is 4. The second-order valence-electron chi connectivity index (χ2n) is 4.12. The van der Waals surface area contributed by atoms with Crippen LogP contribution in [0, 0.1) is 0 Å². The summed E-state index contributed by atoms with van der Waals surface area (Å²) in [5, 5.41) is 5.41. The van der Waals surface area contributed by atoms with E-state index in [0.29, 0.717) is 18.7 Å². The first kappa shape index (κ1) is 16.1. The lowest BCUT2D eigenvalue weighted by molar-refractivity contribution is -0.118. The number of carbonyl (C=O) groups is 1. The van der Waals surface area contributed by atoms with Gasteiger partial charge in [-0.05, 0) is 24.7 Å². The van der Waals surface area contributed by atoms with Gasteiger partial charge in [-0.15, -0.1) is 0 Å². The Labute approximate surface area is 121 Å². The molecule has 19 heavy (non-hydrogen) atoms. The number of benzene rings is 1. The number of sulfone groups is 1. The van der Waals surface area contributed by atoms with Crippen LogP contribution in [0.2, 0.25) is 0 Å². The maximum Gasteiger partial charge on any atom is 0.235 e. The second-order valence-corrected chi connectivity index (χ2v) is 7.10. The lowest BCUT2D eigenvalue weighted by atomic mass is 10.2. The van der Waals surface area contributed by atoms with Crippen LogP contribution < -0.4 is 10.6 Å². The molecule has 0 saturated carbocycles. The molecule has 0 bridgehead atoms. The number of likely N-dealkylation sites (N-methyl/N-ethyl adjacent to an activating group) is 1. The van der Waals surface area contributed by atoms with Gasteiger partial charge < -0.3 is 10.6 Å². The molecule has 0 atom stereocenters. The van der Waals surface area contributed by atoms with Gasteiger partial charge in [-0.1, -0.05) is 28.1 Å². The molecule has 5 nitrogen and oxygen atoms in total. The third kappa shape index (κ3) is 6.70. The predicted octanol–water partition coefficient (Wildman–Crippen LogP) is 0.700. The van der Waals surface area contributed by atoms with E-state index in [0.717, 1.165) is 4.47 Å². The Hall–Kier alpha value is -0.920. The summed E-state index contributed by atoms with van der Waals surface area (Å²) in [6.07, 6.45) is 0. The zero-order valence-electron chi connectivity index (χ0n) is 10.6. The number of rotatable bonds is 7. The van der Waals surface area contributed by atoms with Crippen LogP contribution in [-0.2, 0) is 20.4 Å². The summed E-state index contributed by atoms with van der Waals surface area (Å²) in [5.74, 6) is -1.08. The molecule has 0 aliphatic rings. The van der Waals surface area contributed by atoms with E-state index in [1.807, 2.05) is 6.07 Å². The van der Waals surface area contributed by atoms with Crippen LogP contribution in [0.15, 0.2) is 28.7 Å². The smallest absolute Gasteiger partial charge is 0.235 e. The Balaban J connectivity index is 2.54. The van der Waals surface area contributed by atoms with Gasteiger partial charge in [-0.3, -0.25) is 4.79 Å². The van der Waals surface area contributed by atoms with Crippen molar-refractivity contribution in [3.8, 4) is 0 Å². The van der Waals surface area contributed by atoms with Gasteiger partial charge in [-0.2, -0.15) is 0 Å². The maximum atomic E-state index is 11.9. The summed E-state index contributed by atoms with van der Waals surface area (Å²) in [7, 11) is -1.68. The molecule has 106 valence electrons. The summed E-state index contributed by atoms with van der Waals surface area (Å²) in [6.45, 7) is 1.03. The fourth-order valence-electron chi connectivity index (χ4n) is 1.51. The summed E-state index contributed by atoms with van der Waals surface area (Å²) in [5.41, 5.74) is 0.664. The van der Waals surface area contributed by atoms with Crippen LogP contribution >= 0.6 is 15.9 Å². The highest BCUT2D eigenvalue weighted by atomic mass is 79.9. The van der Waals surface area contributed by atoms with Crippen molar-refractivity contribution < 1.29 is 13.2 Å². The quantitative estimate of drug-likeness (QED) is 0.711. The fourth-order valence-corrected chi connectivity index (χ4v) is 3.25. The Kier molecular flexibility index (Phi) is 6.47. The zero-order chi connectivity index (χ0) is 14.3. The molecule has 0 radical (unpaired) electrons. The lowest BCUT2D eigenvalue weighted by Gasteiger charge is -2.06. The van der Waals surface area contributed by atoms with Crippen LogP contribution in [0.4, 0.5) is 0 Å². The predicted molar refractivity (Wildman–Crippen MR) is 78.6 cm³/mol. The van der Waals surface area contributed by atoms with E-state index in [9.17, 15) is 13.2 Å². The molecule has 0 heterocycles. The summed E-state index contributed by atoms with van der Waals surface area (Å²) < 4.78 is 24.5. The van der Waals surface area contributed by atoms with Crippen LogP contribution in [0.25, 0.3) is 0 Å². The Morgan fingerprint density at radius 2 is 2.05 bits per heavy atom. The van der Waals surface area contributed by atoms with E-state index in [4.69, 9.17) is 0 Å². The minimum absolute atomic E-state index is 0.133.